The lowest BCUT2D eigenvalue weighted by Crippen LogP contribution is -2.51. The molecule has 0 saturated carbocycles. The summed E-state index contributed by atoms with van der Waals surface area (Å²) < 4.78 is 0. The highest BCUT2D eigenvalue weighted by molar-refractivity contribution is 5.80. The van der Waals surface area contributed by atoms with Crippen LogP contribution in [0.1, 0.15) is 13.3 Å². The van der Waals surface area contributed by atoms with E-state index in [0.29, 0.717) is 6.04 Å². The molecule has 102 valence electrons. The zero-order chi connectivity index (χ0) is 13.4. The summed E-state index contributed by atoms with van der Waals surface area (Å²) in [5.74, 6) is 0.965. The van der Waals surface area contributed by atoms with Gasteiger partial charge in [-0.05, 0) is 31.7 Å². The molecule has 0 amide bonds. The Kier molecular flexibility index (Phi) is 3.06. The summed E-state index contributed by atoms with van der Waals surface area (Å²) in [6.07, 6.45) is 1.17. The maximum atomic E-state index is 5.81. The summed E-state index contributed by atoms with van der Waals surface area (Å²) in [5.41, 5.74) is 8.57. The minimum atomic E-state index is 0.604. The number of aromatic nitrogens is 2. The van der Waals surface area contributed by atoms with Crippen LogP contribution in [0.25, 0.3) is 11.0 Å². The molecule has 1 fully saturated rings. The standard InChI is InChI=1S/C14H21N5/c1-3-11-9-19(7-6-18(11)2)14-16-12-5-4-10(15)8-13(12)17-14/h4-5,8,11H,3,6-7,9,15H2,1-2H3,(H,16,17). The smallest absolute Gasteiger partial charge is 0.203 e. The monoisotopic (exact) mass is 259 g/mol. The number of aromatic amines is 1. The average molecular weight is 259 g/mol. The number of fused-ring (bicyclic) bond motifs is 1. The molecule has 0 radical (unpaired) electrons. The van der Waals surface area contributed by atoms with E-state index < -0.39 is 0 Å². The lowest BCUT2D eigenvalue weighted by molar-refractivity contribution is 0.212. The van der Waals surface area contributed by atoms with Gasteiger partial charge in [0, 0.05) is 31.4 Å². The summed E-state index contributed by atoms with van der Waals surface area (Å²) in [7, 11) is 2.20. The SMILES string of the molecule is CCC1CN(c2nc3ccc(N)cc3[nH]2)CCN1C. The number of rotatable bonds is 2. The first-order chi connectivity index (χ1) is 9.17. The zero-order valence-corrected chi connectivity index (χ0v) is 11.6. The number of anilines is 2. The number of hydrogen-bond donors (Lipinski definition) is 2. The van der Waals surface area contributed by atoms with Crippen molar-refractivity contribution < 1.29 is 0 Å². The Morgan fingerprint density at radius 2 is 2.26 bits per heavy atom. The molecule has 1 aromatic carbocycles. The molecule has 1 aromatic heterocycles. The quantitative estimate of drug-likeness (QED) is 0.806. The van der Waals surface area contributed by atoms with Crippen LogP contribution >= 0.6 is 0 Å². The number of nitrogen functional groups attached to an aromatic ring is 1. The van der Waals surface area contributed by atoms with Crippen LogP contribution in [0.5, 0.6) is 0 Å². The lowest BCUT2D eigenvalue weighted by atomic mass is 10.1. The Morgan fingerprint density at radius 3 is 3.05 bits per heavy atom. The molecule has 0 spiro atoms. The van der Waals surface area contributed by atoms with E-state index in [4.69, 9.17) is 5.73 Å². The first-order valence-corrected chi connectivity index (χ1v) is 6.88. The van der Waals surface area contributed by atoms with Gasteiger partial charge in [0.1, 0.15) is 0 Å². The van der Waals surface area contributed by atoms with Gasteiger partial charge in [0.05, 0.1) is 11.0 Å². The molecule has 19 heavy (non-hydrogen) atoms. The maximum Gasteiger partial charge on any atom is 0.203 e. The van der Waals surface area contributed by atoms with Crippen molar-refractivity contribution in [3.8, 4) is 0 Å². The van der Waals surface area contributed by atoms with Crippen LogP contribution in [0.4, 0.5) is 11.6 Å². The fourth-order valence-corrected chi connectivity index (χ4v) is 2.74. The van der Waals surface area contributed by atoms with Crippen LogP contribution < -0.4 is 10.6 Å². The number of piperazine rings is 1. The van der Waals surface area contributed by atoms with Crippen LogP contribution in [0.3, 0.4) is 0 Å². The van der Waals surface area contributed by atoms with Gasteiger partial charge < -0.3 is 15.6 Å². The fourth-order valence-electron chi connectivity index (χ4n) is 2.74. The van der Waals surface area contributed by atoms with E-state index in [0.717, 1.165) is 42.3 Å². The molecular formula is C14H21N5. The van der Waals surface area contributed by atoms with Crippen molar-refractivity contribution in [2.45, 2.75) is 19.4 Å². The number of nitrogens with two attached hydrogens (primary N) is 1. The third-order valence-electron chi connectivity index (χ3n) is 4.04. The van der Waals surface area contributed by atoms with Crippen LogP contribution in [0.2, 0.25) is 0 Å². The van der Waals surface area contributed by atoms with Gasteiger partial charge in [0.15, 0.2) is 0 Å². The molecule has 0 bridgehead atoms. The van der Waals surface area contributed by atoms with Crippen molar-refractivity contribution in [3.63, 3.8) is 0 Å². The molecule has 1 aliphatic rings. The molecule has 1 atom stereocenters. The van der Waals surface area contributed by atoms with Gasteiger partial charge in [0.25, 0.3) is 0 Å². The summed E-state index contributed by atoms with van der Waals surface area (Å²) >= 11 is 0. The number of nitrogens with one attached hydrogen (secondary N) is 1. The topological polar surface area (TPSA) is 61.2 Å². The third-order valence-corrected chi connectivity index (χ3v) is 4.04. The van der Waals surface area contributed by atoms with Gasteiger partial charge >= 0.3 is 0 Å². The molecule has 0 aliphatic carbocycles. The molecule has 2 aromatic rings. The summed E-state index contributed by atoms with van der Waals surface area (Å²) in [6.45, 7) is 5.37. The van der Waals surface area contributed by atoms with E-state index in [2.05, 4.69) is 33.7 Å². The van der Waals surface area contributed by atoms with Crippen LogP contribution in [0, 0.1) is 0 Å². The molecule has 2 heterocycles. The minimum Gasteiger partial charge on any atom is -0.399 e. The second-order valence-corrected chi connectivity index (χ2v) is 5.33. The largest absolute Gasteiger partial charge is 0.399 e. The Morgan fingerprint density at radius 1 is 1.42 bits per heavy atom. The molecule has 1 aliphatic heterocycles. The van der Waals surface area contributed by atoms with Crippen molar-refractivity contribution in [2.24, 2.45) is 0 Å². The second kappa shape index (κ2) is 4.74. The highest BCUT2D eigenvalue weighted by Gasteiger charge is 2.24. The van der Waals surface area contributed by atoms with E-state index in [1.165, 1.54) is 6.42 Å². The second-order valence-electron chi connectivity index (χ2n) is 5.33. The molecule has 1 saturated heterocycles. The Hall–Kier alpha value is -1.75. The first-order valence-electron chi connectivity index (χ1n) is 6.88. The lowest BCUT2D eigenvalue weighted by Gasteiger charge is -2.38. The Labute approximate surface area is 113 Å². The predicted octanol–water partition coefficient (Wildman–Crippen LogP) is 1.68. The number of nitrogens with zero attached hydrogens (tertiary/aromatic N) is 3. The summed E-state index contributed by atoms with van der Waals surface area (Å²) in [5, 5.41) is 0. The van der Waals surface area contributed by atoms with Gasteiger partial charge in [-0.15, -0.1) is 0 Å². The van der Waals surface area contributed by atoms with E-state index in [-0.39, 0.29) is 0 Å². The van der Waals surface area contributed by atoms with Crippen LogP contribution in [-0.4, -0.2) is 47.6 Å². The van der Waals surface area contributed by atoms with E-state index >= 15 is 0 Å². The van der Waals surface area contributed by atoms with Gasteiger partial charge in [0.2, 0.25) is 5.95 Å². The van der Waals surface area contributed by atoms with Gasteiger partial charge in [-0.25, -0.2) is 4.98 Å². The van der Waals surface area contributed by atoms with Gasteiger partial charge in [-0.2, -0.15) is 0 Å². The first kappa shape index (κ1) is 12.3. The van der Waals surface area contributed by atoms with E-state index in [1.807, 2.05) is 18.2 Å². The van der Waals surface area contributed by atoms with Gasteiger partial charge in [-0.3, -0.25) is 4.90 Å². The van der Waals surface area contributed by atoms with Crippen molar-refractivity contribution in [2.75, 3.05) is 37.3 Å². The molecule has 1 unspecified atom stereocenters. The molecule has 3 N–H and O–H groups in total. The number of likely N-dealkylation sites (N-methyl/N-ethyl adjacent to an activating group) is 1. The number of imidazole rings is 1. The van der Waals surface area contributed by atoms with E-state index in [1.54, 1.807) is 0 Å². The number of hydrogen-bond acceptors (Lipinski definition) is 4. The fraction of sp³-hybridized carbons (Fsp3) is 0.500. The van der Waals surface area contributed by atoms with Crippen LogP contribution in [0.15, 0.2) is 18.2 Å². The molecule has 3 rings (SSSR count). The third kappa shape index (κ3) is 2.26. The Balaban J connectivity index is 1.87. The van der Waals surface area contributed by atoms with Crippen molar-refractivity contribution >= 4 is 22.7 Å². The zero-order valence-electron chi connectivity index (χ0n) is 11.6. The minimum absolute atomic E-state index is 0.604. The van der Waals surface area contributed by atoms with Crippen LogP contribution in [-0.2, 0) is 0 Å². The Bertz CT molecular complexity index is 576. The maximum absolute atomic E-state index is 5.81. The normalized spacial score (nSPS) is 21.2. The number of H-pyrrole nitrogens is 1. The van der Waals surface area contributed by atoms with Crippen molar-refractivity contribution in [3.05, 3.63) is 18.2 Å². The number of benzene rings is 1. The van der Waals surface area contributed by atoms with Gasteiger partial charge in [-0.1, -0.05) is 6.92 Å². The highest BCUT2D eigenvalue weighted by atomic mass is 15.3. The predicted molar refractivity (Wildman–Crippen MR) is 79.4 cm³/mol. The average Bonchev–Trinajstić information content (AvgIpc) is 2.82. The molecular weight excluding hydrogens is 238 g/mol. The van der Waals surface area contributed by atoms with E-state index in [9.17, 15) is 0 Å². The summed E-state index contributed by atoms with van der Waals surface area (Å²) in [6, 6.07) is 6.41. The molecule has 5 heteroatoms. The van der Waals surface area contributed by atoms with Crippen molar-refractivity contribution in [1.82, 2.24) is 14.9 Å². The highest BCUT2D eigenvalue weighted by Crippen LogP contribution is 2.22. The summed E-state index contributed by atoms with van der Waals surface area (Å²) in [4.78, 5) is 12.8. The molecule has 5 nitrogen and oxygen atoms in total. The van der Waals surface area contributed by atoms with Crippen molar-refractivity contribution in [1.29, 1.82) is 0 Å².